The van der Waals surface area contributed by atoms with Crippen molar-refractivity contribution in [3.63, 3.8) is 0 Å². The summed E-state index contributed by atoms with van der Waals surface area (Å²) in [7, 11) is 0. The molecule has 0 atom stereocenters. The quantitative estimate of drug-likeness (QED) is 0.736. The van der Waals surface area contributed by atoms with Gasteiger partial charge in [-0.3, -0.25) is 0 Å². The monoisotopic (exact) mass is 380 g/mol. The van der Waals surface area contributed by atoms with Gasteiger partial charge in [-0.15, -0.1) is 0 Å². The van der Waals surface area contributed by atoms with Crippen LogP contribution in [0.1, 0.15) is 43.8 Å². The van der Waals surface area contributed by atoms with Gasteiger partial charge in [-0.2, -0.15) is 5.10 Å². The third-order valence-corrected chi connectivity index (χ3v) is 5.57. The van der Waals surface area contributed by atoms with Gasteiger partial charge in [-0.1, -0.05) is 19.3 Å². The number of aromatic nitrogens is 6. The number of nitrogen functional groups attached to an aromatic ring is 1. The molecule has 3 aromatic heterocycles. The van der Waals surface area contributed by atoms with Crippen LogP contribution in [-0.4, -0.2) is 55.9 Å². The highest BCUT2D eigenvalue weighted by Gasteiger charge is 2.24. The van der Waals surface area contributed by atoms with E-state index in [9.17, 15) is 0 Å². The molecule has 0 spiro atoms. The van der Waals surface area contributed by atoms with Gasteiger partial charge in [0.15, 0.2) is 17.3 Å². The Bertz CT molecular complexity index is 958. The summed E-state index contributed by atoms with van der Waals surface area (Å²) in [5.74, 6) is 2.46. The predicted molar refractivity (Wildman–Crippen MR) is 105 cm³/mol. The Kier molecular flexibility index (Phi) is 4.52. The Labute approximate surface area is 163 Å². The van der Waals surface area contributed by atoms with Crippen molar-refractivity contribution in [2.75, 3.05) is 36.9 Å². The van der Waals surface area contributed by atoms with Gasteiger partial charge < -0.3 is 15.4 Å². The maximum absolute atomic E-state index is 5.64. The topological polar surface area (TPSA) is 107 Å². The van der Waals surface area contributed by atoms with E-state index in [0.29, 0.717) is 19.1 Å². The Hall–Kier alpha value is -2.81. The average molecular weight is 380 g/mol. The van der Waals surface area contributed by atoms with E-state index in [2.05, 4.69) is 14.9 Å². The molecule has 0 amide bonds. The largest absolute Gasteiger partial charge is 0.378 e. The van der Waals surface area contributed by atoms with Crippen LogP contribution < -0.4 is 10.6 Å². The third-order valence-electron chi connectivity index (χ3n) is 5.57. The highest BCUT2D eigenvalue weighted by atomic mass is 16.5. The lowest BCUT2D eigenvalue weighted by Gasteiger charge is -2.28. The van der Waals surface area contributed by atoms with Crippen molar-refractivity contribution in [1.29, 1.82) is 0 Å². The molecule has 1 aliphatic carbocycles. The van der Waals surface area contributed by atoms with Crippen molar-refractivity contribution in [3.8, 4) is 11.3 Å². The summed E-state index contributed by atoms with van der Waals surface area (Å²) in [4.78, 5) is 20.3. The lowest BCUT2D eigenvalue weighted by atomic mass is 9.89. The SMILES string of the molecule is Nc1ncc(-c2cn3nc(C4CCCCC4)nc3c(N3CCOCC3)n2)cn1. The molecule has 2 fully saturated rings. The molecule has 1 saturated carbocycles. The summed E-state index contributed by atoms with van der Waals surface area (Å²) in [5.41, 5.74) is 8.01. The molecule has 3 aromatic rings. The van der Waals surface area contributed by atoms with Crippen molar-refractivity contribution in [1.82, 2.24) is 29.5 Å². The number of anilines is 2. The molecule has 1 saturated heterocycles. The van der Waals surface area contributed by atoms with Gasteiger partial charge in [0.2, 0.25) is 5.95 Å². The molecule has 146 valence electrons. The summed E-state index contributed by atoms with van der Waals surface area (Å²) >= 11 is 0. The minimum absolute atomic E-state index is 0.249. The molecule has 5 rings (SSSR count). The van der Waals surface area contributed by atoms with Crippen molar-refractivity contribution in [2.24, 2.45) is 0 Å². The first-order chi connectivity index (χ1) is 13.8. The summed E-state index contributed by atoms with van der Waals surface area (Å²) < 4.78 is 7.38. The fourth-order valence-electron chi connectivity index (χ4n) is 4.02. The number of rotatable bonds is 3. The molecule has 4 heterocycles. The molecule has 28 heavy (non-hydrogen) atoms. The minimum Gasteiger partial charge on any atom is -0.378 e. The highest BCUT2D eigenvalue weighted by Crippen LogP contribution is 2.32. The van der Waals surface area contributed by atoms with Gasteiger partial charge in [-0.25, -0.2) is 24.5 Å². The molecular formula is C19H24N8O. The van der Waals surface area contributed by atoms with Crippen LogP contribution in [0.5, 0.6) is 0 Å². The first-order valence-electron chi connectivity index (χ1n) is 9.96. The highest BCUT2D eigenvalue weighted by molar-refractivity contribution is 5.69. The van der Waals surface area contributed by atoms with Crippen LogP contribution in [-0.2, 0) is 4.74 Å². The zero-order valence-electron chi connectivity index (χ0n) is 15.8. The predicted octanol–water partition coefficient (Wildman–Crippen LogP) is 2.05. The fourth-order valence-corrected chi connectivity index (χ4v) is 4.02. The number of nitrogens with zero attached hydrogens (tertiary/aromatic N) is 7. The van der Waals surface area contributed by atoms with E-state index in [1.807, 2.05) is 10.7 Å². The lowest BCUT2D eigenvalue weighted by Crippen LogP contribution is -2.37. The molecule has 0 bridgehead atoms. The molecule has 2 aliphatic rings. The maximum atomic E-state index is 5.64. The molecule has 0 radical (unpaired) electrons. The Morgan fingerprint density at radius 1 is 1.00 bits per heavy atom. The molecule has 0 unspecified atom stereocenters. The molecule has 0 aromatic carbocycles. The first-order valence-corrected chi connectivity index (χ1v) is 9.96. The van der Waals surface area contributed by atoms with Gasteiger partial charge in [0.05, 0.1) is 25.1 Å². The molecule has 9 nitrogen and oxygen atoms in total. The number of fused-ring (bicyclic) bond motifs is 1. The van der Waals surface area contributed by atoms with Crippen LogP contribution in [0.15, 0.2) is 18.6 Å². The summed E-state index contributed by atoms with van der Waals surface area (Å²) in [6.07, 6.45) is 11.4. The number of morpholine rings is 1. The zero-order valence-corrected chi connectivity index (χ0v) is 15.8. The Morgan fingerprint density at radius 2 is 1.75 bits per heavy atom. The van der Waals surface area contributed by atoms with Gasteiger partial charge in [0.25, 0.3) is 0 Å². The number of ether oxygens (including phenoxy) is 1. The average Bonchev–Trinajstić information content (AvgIpc) is 3.19. The van der Waals surface area contributed by atoms with Crippen LogP contribution in [0, 0.1) is 0 Å². The Morgan fingerprint density at radius 3 is 2.50 bits per heavy atom. The van der Waals surface area contributed by atoms with Crippen LogP contribution >= 0.6 is 0 Å². The minimum atomic E-state index is 0.249. The fraction of sp³-hybridized carbons (Fsp3) is 0.526. The number of hydrogen-bond donors (Lipinski definition) is 1. The van der Waals surface area contributed by atoms with Crippen molar-refractivity contribution in [2.45, 2.75) is 38.0 Å². The van der Waals surface area contributed by atoms with Crippen LogP contribution in [0.3, 0.4) is 0 Å². The van der Waals surface area contributed by atoms with Gasteiger partial charge >= 0.3 is 0 Å². The van der Waals surface area contributed by atoms with Crippen molar-refractivity contribution >= 4 is 17.4 Å². The van der Waals surface area contributed by atoms with Gasteiger partial charge in [0.1, 0.15) is 0 Å². The third kappa shape index (κ3) is 3.26. The van der Waals surface area contributed by atoms with E-state index >= 15 is 0 Å². The molecule has 1 aliphatic heterocycles. The van der Waals surface area contributed by atoms with E-state index in [4.69, 9.17) is 25.5 Å². The van der Waals surface area contributed by atoms with Crippen LogP contribution in [0.2, 0.25) is 0 Å². The normalized spacial score (nSPS) is 18.6. The smallest absolute Gasteiger partial charge is 0.219 e. The number of hydrogen-bond acceptors (Lipinski definition) is 8. The standard InChI is InChI=1S/C19H24N8O/c20-19-21-10-14(11-22-19)15-12-27-18(17(23-15)26-6-8-28-9-7-26)24-16(25-27)13-4-2-1-3-5-13/h10-13H,1-9H2,(H2,20,21,22). The van der Waals surface area contributed by atoms with E-state index in [0.717, 1.165) is 54.5 Å². The molecule has 2 N–H and O–H groups in total. The second-order valence-corrected chi connectivity index (χ2v) is 7.45. The zero-order chi connectivity index (χ0) is 18.9. The van der Waals surface area contributed by atoms with Crippen LogP contribution in [0.4, 0.5) is 11.8 Å². The molecule has 9 heteroatoms. The second-order valence-electron chi connectivity index (χ2n) is 7.45. The van der Waals surface area contributed by atoms with E-state index in [1.165, 1.54) is 19.3 Å². The maximum Gasteiger partial charge on any atom is 0.219 e. The van der Waals surface area contributed by atoms with Crippen LogP contribution in [0.25, 0.3) is 16.9 Å². The van der Waals surface area contributed by atoms with Crippen molar-refractivity contribution in [3.05, 3.63) is 24.4 Å². The first kappa shape index (κ1) is 17.3. The van der Waals surface area contributed by atoms with Gasteiger partial charge in [0, 0.05) is 37.0 Å². The lowest BCUT2D eigenvalue weighted by molar-refractivity contribution is 0.122. The Balaban J connectivity index is 1.61. The summed E-state index contributed by atoms with van der Waals surface area (Å²) in [5, 5.41) is 4.84. The summed E-state index contributed by atoms with van der Waals surface area (Å²) in [6.45, 7) is 2.95. The van der Waals surface area contributed by atoms with E-state index < -0.39 is 0 Å². The summed E-state index contributed by atoms with van der Waals surface area (Å²) in [6, 6.07) is 0. The number of nitrogens with two attached hydrogens (primary N) is 1. The van der Waals surface area contributed by atoms with E-state index in [1.54, 1.807) is 12.4 Å². The van der Waals surface area contributed by atoms with Crippen molar-refractivity contribution < 1.29 is 4.74 Å². The van der Waals surface area contributed by atoms with E-state index in [-0.39, 0.29) is 5.95 Å². The van der Waals surface area contributed by atoms with Gasteiger partial charge in [-0.05, 0) is 12.8 Å². The second kappa shape index (κ2) is 7.31. The molecular weight excluding hydrogens is 356 g/mol.